The third-order valence-electron chi connectivity index (χ3n) is 4.64. The highest BCUT2D eigenvalue weighted by atomic mass is 15.2. The zero-order valence-corrected chi connectivity index (χ0v) is 14.2. The fourth-order valence-electron chi connectivity index (χ4n) is 3.88. The third-order valence-corrected chi connectivity index (χ3v) is 4.64. The van der Waals surface area contributed by atoms with Gasteiger partial charge in [0.15, 0.2) is 0 Å². The molecule has 0 bridgehead atoms. The fraction of sp³-hybridized carbons (Fsp3) is 0.611. The van der Waals surface area contributed by atoms with E-state index in [1.807, 2.05) is 18.3 Å². The molecule has 1 aliphatic heterocycles. The normalized spacial score (nSPS) is 23.5. The van der Waals surface area contributed by atoms with Crippen molar-refractivity contribution >= 4 is 11.3 Å². The standard InChI is InChI=1S/C18H28N4/c1-12(2)18-16(11-21-8-13(3)7-14(4)9-21)22-10-15(19)5-6-17(22)20-18/h5-6,10,12-14H,7-9,11,19H2,1-4H3. The van der Waals surface area contributed by atoms with E-state index in [1.165, 1.54) is 30.9 Å². The van der Waals surface area contributed by atoms with Crippen molar-refractivity contribution in [2.75, 3.05) is 18.8 Å². The highest BCUT2D eigenvalue weighted by molar-refractivity contribution is 5.50. The average Bonchev–Trinajstić information content (AvgIpc) is 2.76. The van der Waals surface area contributed by atoms with E-state index in [0.29, 0.717) is 5.92 Å². The van der Waals surface area contributed by atoms with Gasteiger partial charge in [0.1, 0.15) is 5.65 Å². The lowest BCUT2D eigenvalue weighted by Crippen LogP contribution is -2.38. The van der Waals surface area contributed by atoms with Crippen LogP contribution in [0.3, 0.4) is 0 Å². The molecule has 2 unspecified atom stereocenters. The Morgan fingerprint density at radius 1 is 1.23 bits per heavy atom. The number of fused-ring (bicyclic) bond motifs is 1. The summed E-state index contributed by atoms with van der Waals surface area (Å²) >= 11 is 0. The second-order valence-electron chi connectivity index (χ2n) is 7.43. The van der Waals surface area contributed by atoms with Crippen LogP contribution in [0.2, 0.25) is 0 Å². The summed E-state index contributed by atoms with van der Waals surface area (Å²) in [5, 5.41) is 0. The number of hydrogen-bond donors (Lipinski definition) is 1. The van der Waals surface area contributed by atoms with Crippen LogP contribution in [-0.4, -0.2) is 27.4 Å². The first-order valence-corrected chi connectivity index (χ1v) is 8.42. The summed E-state index contributed by atoms with van der Waals surface area (Å²) in [6.45, 7) is 12.5. The number of imidazole rings is 1. The van der Waals surface area contributed by atoms with E-state index in [-0.39, 0.29) is 0 Å². The average molecular weight is 300 g/mol. The van der Waals surface area contributed by atoms with Crippen LogP contribution in [-0.2, 0) is 6.54 Å². The lowest BCUT2D eigenvalue weighted by molar-refractivity contribution is 0.132. The van der Waals surface area contributed by atoms with Gasteiger partial charge in [-0.3, -0.25) is 4.90 Å². The number of aromatic nitrogens is 2. The van der Waals surface area contributed by atoms with Crippen LogP contribution in [0.4, 0.5) is 5.69 Å². The monoisotopic (exact) mass is 300 g/mol. The highest BCUT2D eigenvalue weighted by Crippen LogP contribution is 2.27. The summed E-state index contributed by atoms with van der Waals surface area (Å²) in [6, 6.07) is 3.95. The maximum atomic E-state index is 5.99. The second-order valence-corrected chi connectivity index (χ2v) is 7.43. The topological polar surface area (TPSA) is 46.6 Å². The molecule has 2 aromatic heterocycles. The van der Waals surface area contributed by atoms with Crippen molar-refractivity contribution in [3.8, 4) is 0 Å². The number of piperidine rings is 1. The first-order chi connectivity index (χ1) is 10.4. The van der Waals surface area contributed by atoms with E-state index >= 15 is 0 Å². The van der Waals surface area contributed by atoms with Gasteiger partial charge in [-0.1, -0.05) is 27.7 Å². The first-order valence-electron chi connectivity index (χ1n) is 8.42. The van der Waals surface area contributed by atoms with Gasteiger partial charge in [-0.15, -0.1) is 0 Å². The lowest BCUT2D eigenvalue weighted by atomic mass is 9.91. The zero-order valence-electron chi connectivity index (χ0n) is 14.2. The molecule has 0 aliphatic carbocycles. The van der Waals surface area contributed by atoms with E-state index in [0.717, 1.165) is 29.7 Å². The summed E-state index contributed by atoms with van der Waals surface area (Å²) in [7, 11) is 0. The van der Waals surface area contributed by atoms with Crippen LogP contribution in [0.5, 0.6) is 0 Å². The molecule has 3 rings (SSSR count). The van der Waals surface area contributed by atoms with Gasteiger partial charge in [0.25, 0.3) is 0 Å². The molecule has 0 radical (unpaired) electrons. The molecule has 0 spiro atoms. The summed E-state index contributed by atoms with van der Waals surface area (Å²) in [5.41, 5.74) is 10.3. The highest BCUT2D eigenvalue weighted by Gasteiger charge is 2.24. The SMILES string of the molecule is CC1CC(C)CN(Cc2c(C(C)C)nc3ccc(N)cn23)C1. The Morgan fingerprint density at radius 2 is 1.91 bits per heavy atom. The predicted molar refractivity (Wildman–Crippen MR) is 91.9 cm³/mol. The molecule has 4 heteroatoms. The number of anilines is 1. The van der Waals surface area contributed by atoms with Crippen molar-refractivity contribution in [1.29, 1.82) is 0 Å². The summed E-state index contributed by atoms with van der Waals surface area (Å²) in [5.74, 6) is 1.97. The molecule has 120 valence electrons. The molecular weight excluding hydrogens is 272 g/mol. The minimum atomic E-state index is 0.427. The van der Waals surface area contributed by atoms with Crippen LogP contribution < -0.4 is 5.73 Å². The number of hydrogen-bond acceptors (Lipinski definition) is 3. The number of pyridine rings is 1. The largest absolute Gasteiger partial charge is 0.398 e. The van der Waals surface area contributed by atoms with Crippen molar-refractivity contribution in [3.63, 3.8) is 0 Å². The van der Waals surface area contributed by atoms with Crippen molar-refractivity contribution in [2.45, 2.75) is 46.6 Å². The van der Waals surface area contributed by atoms with Crippen LogP contribution in [0.25, 0.3) is 5.65 Å². The molecule has 1 aliphatic rings. The quantitative estimate of drug-likeness (QED) is 0.943. The summed E-state index contributed by atoms with van der Waals surface area (Å²) in [6.07, 6.45) is 3.36. The maximum Gasteiger partial charge on any atom is 0.137 e. The Hall–Kier alpha value is -1.55. The van der Waals surface area contributed by atoms with Gasteiger partial charge in [-0.2, -0.15) is 0 Å². The van der Waals surface area contributed by atoms with Crippen LogP contribution in [0, 0.1) is 11.8 Å². The van der Waals surface area contributed by atoms with Crippen molar-refractivity contribution in [3.05, 3.63) is 29.7 Å². The zero-order chi connectivity index (χ0) is 15.9. The molecule has 2 aromatic rings. The molecule has 0 saturated carbocycles. The van der Waals surface area contributed by atoms with Gasteiger partial charge in [-0.25, -0.2) is 4.98 Å². The van der Waals surface area contributed by atoms with Crippen LogP contribution in [0.1, 0.15) is 51.4 Å². The van der Waals surface area contributed by atoms with Gasteiger partial charge < -0.3 is 10.1 Å². The maximum absolute atomic E-state index is 5.99. The van der Waals surface area contributed by atoms with Crippen molar-refractivity contribution in [1.82, 2.24) is 14.3 Å². The van der Waals surface area contributed by atoms with Gasteiger partial charge in [0.2, 0.25) is 0 Å². The number of rotatable bonds is 3. The van der Waals surface area contributed by atoms with Gasteiger partial charge >= 0.3 is 0 Å². The molecule has 3 heterocycles. The van der Waals surface area contributed by atoms with Crippen LogP contribution >= 0.6 is 0 Å². The number of nitrogen functional groups attached to an aromatic ring is 1. The molecule has 22 heavy (non-hydrogen) atoms. The second kappa shape index (κ2) is 5.92. The Morgan fingerprint density at radius 3 is 2.55 bits per heavy atom. The molecule has 2 atom stereocenters. The Kier molecular flexibility index (Phi) is 4.13. The van der Waals surface area contributed by atoms with Crippen molar-refractivity contribution in [2.24, 2.45) is 11.8 Å². The molecule has 2 N–H and O–H groups in total. The summed E-state index contributed by atoms with van der Waals surface area (Å²) in [4.78, 5) is 7.42. The summed E-state index contributed by atoms with van der Waals surface area (Å²) < 4.78 is 2.19. The lowest BCUT2D eigenvalue weighted by Gasteiger charge is -2.35. The predicted octanol–water partition coefficient (Wildman–Crippen LogP) is 3.52. The van der Waals surface area contributed by atoms with Gasteiger partial charge in [-0.05, 0) is 36.3 Å². The Balaban J connectivity index is 1.97. The Labute approximate surface area is 133 Å². The minimum Gasteiger partial charge on any atom is -0.398 e. The third kappa shape index (κ3) is 2.98. The van der Waals surface area contributed by atoms with E-state index in [9.17, 15) is 0 Å². The van der Waals surface area contributed by atoms with E-state index in [2.05, 4.69) is 37.0 Å². The minimum absolute atomic E-state index is 0.427. The smallest absolute Gasteiger partial charge is 0.137 e. The van der Waals surface area contributed by atoms with E-state index in [4.69, 9.17) is 10.7 Å². The van der Waals surface area contributed by atoms with Crippen LogP contribution in [0.15, 0.2) is 18.3 Å². The molecule has 1 saturated heterocycles. The molecule has 4 nitrogen and oxygen atoms in total. The number of nitrogens with zero attached hydrogens (tertiary/aromatic N) is 3. The number of likely N-dealkylation sites (tertiary alicyclic amines) is 1. The van der Waals surface area contributed by atoms with Gasteiger partial charge in [0.05, 0.1) is 11.4 Å². The number of nitrogens with two attached hydrogens (primary N) is 1. The molecule has 0 amide bonds. The Bertz CT molecular complexity index is 648. The van der Waals surface area contributed by atoms with E-state index in [1.54, 1.807) is 0 Å². The fourth-order valence-corrected chi connectivity index (χ4v) is 3.88. The molecule has 0 aromatic carbocycles. The van der Waals surface area contributed by atoms with Gasteiger partial charge in [0, 0.05) is 31.5 Å². The first kappa shape index (κ1) is 15.3. The molecule has 1 fully saturated rings. The van der Waals surface area contributed by atoms with Crippen molar-refractivity contribution < 1.29 is 0 Å². The van der Waals surface area contributed by atoms with E-state index < -0.39 is 0 Å². The molecular formula is C18H28N4.